The van der Waals surface area contributed by atoms with E-state index in [1.54, 1.807) is 0 Å². The van der Waals surface area contributed by atoms with Crippen molar-refractivity contribution in [2.75, 3.05) is 0 Å². The molecule has 1 N–H and O–H groups in total. The summed E-state index contributed by atoms with van der Waals surface area (Å²) in [7, 11) is 0. The standard InChI is InChI=1S/C13H9F2NO3/c14-10-3-1-8(11(15)5-10)6-16-7-9(13(18)19)2-4-12(16)17/h1-5,7H,6H2,(H,18,19). The average molecular weight is 265 g/mol. The molecule has 0 radical (unpaired) electrons. The summed E-state index contributed by atoms with van der Waals surface area (Å²) in [5.74, 6) is -2.69. The fourth-order valence-corrected chi connectivity index (χ4v) is 1.61. The number of pyridine rings is 1. The molecule has 0 atom stereocenters. The van der Waals surface area contributed by atoms with Crippen LogP contribution in [0, 0.1) is 11.6 Å². The first-order valence-electron chi connectivity index (χ1n) is 5.35. The molecule has 2 rings (SSSR count). The zero-order chi connectivity index (χ0) is 14.0. The third-order valence-corrected chi connectivity index (χ3v) is 2.59. The highest BCUT2D eigenvalue weighted by Gasteiger charge is 2.08. The van der Waals surface area contributed by atoms with E-state index in [1.807, 2.05) is 0 Å². The van der Waals surface area contributed by atoms with Crippen LogP contribution in [0.25, 0.3) is 0 Å². The lowest BCUT2D eigenvalue weighted by Crippen LogP contribution is -2.21. The monoisotopic (exact) mass is 265 g/mol. The Hall–Kier alpha value is -2.50. The molecule has 0 spiro atoms. The number of hydrogen-bond acceptors (Lipinski definition) is 2. The van der Waals surface area contributed by atoms with E-state index in [1.165, 1.54) is 12.1 Å². The number of aromatic nitrogens is 1. The quantitative estimate of drug-likeness (QED) is 0.921. The minimum atomic E-state index is -1.19. The van der Waals surface area contributed by atoms with E-state index in [4.69, 9.17) is 5.11 Å². The molecule has 0 saturated carbocycles. The zero-order valence-electron chi connectivity index (χ0n) is 9.64. The van der Waals surface area contributed by atoms with Gasteiger partial charge in [0.15, 0.2) is 0 Å². The second-order valence-corrected chi connectivity index (χ2v) is 3.92. The Morgan fingerprint density at radius 3 is 2.58 bits per heavy atom. The predicted octanol–water partition coefficient (Wildman–Crippen LogP) is 1.87. The van der Waals surface area contributed by atoms with E-state index < -0.39 is 23.2 Å². The largest absolute Gasteiger partial charge is 0.478 e. The molecule has 4 nitrogen and oxygen atoms in total. The highest BCUT2D eigenvalue weighted by atomic mass is 19.1. The van der Waals surface area contributed by atoms with Gasteiger partial charge in [0.2, 0.25) is 0 Å². The number of carboxylic acids is 1. The van der Waals surface area contributed by atoms with Crippen LogP contribution in [0.15, 0.2) is 41.3 Å². The molecule has 0 aliphatic heterocycles. The van der Waals surface area contributed by atoms with Crippen molar-refractivity contribution >= 4 is 5.97 Å². The van der Waals surface area contributed by atoms with Crippen molar-refractivity contribution in [1.82, 2.24) is 4.57 Å². The van der Waals surface area contributed by atoms with E-state index in [0.717, 1.165) is 22.9 Å². The van der Waals surface area contributed by atoms with Crippen LogP contribution in [-0.4, -0.2) is 15.6 Å². The zero-order valence-corrected chi connectivity index (χ0v) is 9.64. The second-order valence-electron chi connectivity index (χ2n) is 3.92. The molecule has 0 aliphatic rings. The highest BCUT2D eigenvalue weighted by Crippen LogP contribution is 2.10. The van der Waals surface area contributed by atoms with Crippen LogP contribution >= 0.6 is 0 Å². The van der Waals surface area contributed by atoms with Gasteiger partial charge in [0.25, 0.3) is 5.56 Å². The highest BCUT2D eigenvalue weighted by molar-refractivity contribution is 5.87. The van der Waals surface area contributed by atoms with Crippen molar-refractivity contribution in [3.63, 3.8) is 0 Å². The SMILES string of the molecule is O=C(O)c1ccc(=O)n(Cc2ccc(F)cc2F)c1. The van der Waals surface area contributed by atoms with Gasteiger partial charge in [-0.1, -0.05) is 6.07 Å². The molecule has 1 heterocycles. The van der Waals surface area contributed by atoms with Gasteiger partial charge < -0.3 is 9.67 Å². The lowest BCUT2D eigenvalue weighted by Gasteiger charge is -2.07. The minimum Gasteiger partial charge on any atom is -0.478 e. The number of nitrogens with zero attached hydrogens (tertiary/aromatic N) is 1. The molecule has 0 saturated heterocycles. The second kappa shape index (κ2) is 5.01. The summed E-state index contributed by atoms with van der Waals surface area (Å²) in [6.45, 7) is -0.161. The van der Waals surface area contributed by atoms with Crippen LogP contribution in [0.4, 0.5) is 8.78 Å². The van der Waals surface area contributed by atoms with Crippen molar-refractivity contribution in [3.8, 4) is 0 Å². The summed E-state index contributed by atoms with van der Waals surface area (Å²) in [5.41, 5.74) is -0.443. The van der Waals surface area contributed by atoms with Crippen molar-refractivity contribution in [3.05, 3.63) is 69.6 Å². The lowest BCUT2D eigenvalue weighted by atomic mass is 10.2. The molecule has 1 aromatic carbocycles. The molecule has 0 bridgehead atoms. The van der Waals surface area contributed by atoms with Gasteiger partial charge in [-0.3, -0.25) is 4.79 Å². The summed E-state index contributed by atoms with van der Waals surface area (Å²) in [4.78, 5) is 22.3. The summed E-state index contributed by atoms with van der Waals surface area (Å²) in [6, 6.07) is 5.25. The molecule has 1 aromatic heterocycles. The molecule has 0 fully saturated rings. The fourth-order valence-electron chi connectivity index (χ4n) is 1.61. The van der Waals surface area contributed by atoms with Gasteiger partial charge in [-0.15, -0.1) is 0 Å². The number of halogens is 2. The maximum Gasteiger partial charge on any atom is 0.337 e. The lowest BCUT2D eigenvalue weighted by molar-refractivity contribution is 0.0696. The Morgan fingerprint density at radius 2 is 1.95 bits per heavy atom. The average Bonchev–Trinajstić information content (AvgIpc) is 2.34. The Balaban J connectivity index is 2.40. The van der Waals surface area contributed by atoms with Gasteiger partial charge in [0, 0.05) is 23.9 Å². The number of aromatic carboxylic acids is 1. The molecule has 0 unspecified atom stereocenters. The van der Waals surface area contributed by atoms with Gasteiger partial charge in [0.05, 0.1) is 12.1 Å². The summed E-state index contributed by atoms with van der Waals surface area (Å²) >= 11 is 0. The van der Waals surface area contributed by atoms with Crippen LogP contribution in [-0.2, 0) is 6.54 Å². The maximum atomic E-state index is 13.5. The van der Waals surface area contributed by atoms with Crippen LogP contribution in [0.3, 0.4) is 0 Å². The van der Waals surface area contributed by atoms with Gasteiger partial charge in [0.1, 0.15) is 11.6 Å². The molecular weight excluding hydrogens is 256 g/mol. The van der Waals surface area contributed by atoms with Crippen LogP contribution in [0.5, 0.6) is 0 Å². The summed E-state index contributed by atoms with van der Waals surface area (Å²) in [5, 5.41) is 8.82. The normalized spacial score (nSPS) is 10.4. The Kier molecular flexibility index (Phi) is 3.41. The van der Waals surface area contributed by atoms with Crippen molar-refractivity contribution in [2.45, 2.75) is 6.54 Å². The molecule has 0 aliphatic carbocycles. The number of carbonyl (C=O) groups is 1. The van der Waals surface area contributed by atoms with Gasteiger partial charge >= 0.3 is 5.97 Å². The Bertz CT molecular complexity index is 695. The third kappa shape index (κ3) is 2.85. The summed E-state index contributed by atoms with van der Waals surface area (Å²) in [6.07, 6.45) is 1.12. The predicted molar refractivity (Wildman–Crippen MR) is 63.1 cm³/mol. The van der Waals surface area contributed by atoms with E-state index in [-0.39, 0.29) is 17.7 Å². The van der Waals surface area contributed by atoms with Crippen LogP contribution in [0.2, 0.25) is 0 Å². The molecule has 2 aromatic rings. The van der Waals surface area contributed by atoms with E-state index in [0.29, 0.717) is 6.07 Å². The van der Waals surface area contributed by atoms with Crippen molar-refractivity contribution in [1.29, 1.82) is 0 Å². The van der Waals surface area contributed by atoms with Gasteiger partial charge in [-0.05, 0) is 12.1 Å². The molecular formula is C13H9F2NO3. The number of rotatable bonds is 3. The summed E-state index contributed by atoms with van der Waals surface area (Å²) < 4.78 is 27.3. The maximum absolute atomic E-state index is 13.5. The van der Waals surface area contributed by atoms with E-state index in [9.17, 15) is 18.4 Å². The first-order valence-corrected chi connectivity index (χ1v) is 5.35. The topological polar surface area (TPSA) is 59.3 Å². The Labute approximate surface area is 106 Å². The first-order chi connectivity index (χ1) is 8.97. The molecule has 19 heavy (non-hydrogen) atoms. The third-order valence-electron chi connectivity index (χ3n) is 2.59. The van der Waals surface area contributed by atoms with Crippen molar-refractivity contribution in [2.24, 2.45) is 0 Å². The van der Waals surface area contributed by atoms with E-state index >= 15 is 0 Å². The van der Waals surface area contributed by atoms with Crippen molar-refractivity contribution < 1.29 is 18.7 Å². The molecule has 6 heteroatoms. The Morgan fingerprint density at radius 1 is 1.21 bits per heavy atom. The van der Waals surface area contributed by atoms with Gasteiger partial charge in [-0.25, -0.2) is 13.6 Å². The van der Waals surface area contributed by atoms with Crippen LogP contribution < -0.4 is 5.56 Å². The van der Waals surface area contributed by atoms with E-state index in [2.05, 4.69) is 0 Å². The first kappa shape index (κ1) is 12.9. The minimum absolute atomic E-state index is 0.0814. The number of hydrogen-bond donors (Lipinski definition) is 1. The molecule has 0 amide bonds. The number of benzene rings is 1. The smallest absolute Gasteiger partial charge is 0.337 e. The van der Waals surface area contributed by atoms with Crippen LogP contribution in [0.1, 0.15) is 15.9 Å². The fraction of sp³-hybridized carbons (Fsp3) is 0.0769. The number of carboxylic acid groups (broad SMARTS) is 1. The molecule has 98 valence electrons. The van der Waals surface area contributed by atoms with Gasteiger partial charge in [-0.2, -0.15) is 0 Å².